The fourth-order valence-corrected chi connectivity index (χ4v) is 6.73. The summed E-state index contributed by atoms with van der Waals surface area (Å²) in [5.74, 6) is 1.05. The number of rotatable bonds is 10. The minimum atomic E-state index is -4.62. The summed E-state index contributed by atoms with van der Waals surface area (Å²) in [6.07, 6.45) is -2.28. The van der Waals surface area contributed by atoms with Crippen molar-refractivity contribution < 1.29 is 22.6 Å². The minimum absolute atomic E-state index is 0.000626. The van der Waals surface area contributed by atoms with Gasteiger partial charge in [0.25, 0.3) is 5.56 Å². The van der Waals surface area contributed by atoms with Crippen LogP contribution in [-0.4, -0.2) is 35.4 Å². The molecule has 0 bridgehead atoms. The molecule has 2 heterocycles. The third-order valence-corrected chi connectivity index (χ3v) is 9.33. The largest absolute Gasteiger partial charge is 0.497 e. The van der Waals surface area contributed by atoms with E-state index in [9.17, 15) is 18.0 Å². The molecular weight excluding hydrogens is 613 g/mol. The number of hydrogen-bond acceptors (Lipinski definition) is 7. The van der Waals surface area contributed by atoms with E-state index in [1.165, 1.54) is 24.8 Å². The van der Waals surface area contributed by atoms with Crippen LogP contribution in [0.5, 0.6) is 11.5 Å². The number of halogens is 3. The van der Waals surface area contributed by atoms with Gasteiger partial charge in [-0.25, -0.2) is 9.97 Å². The smallest absolute Gasteiger partial charge is 0.418 e. The van der Waals surface area contributed by atoms with Crippen molar-refractivity contribution in [3.8, 4) is 11.5 Å². The van der Waals surface area contributed by atoms with Gasteiger partial charge in [0.15, 0.2) is 5.16 Å². The summed E-state index contributed by atoms with van der Waals surface area (Å²) in [6, 6.07) is 16.8. The van der Waals surface area contributed by atoms with E-state index in [4.69, 9.17) is 14.5 Å². The second-order valence-electron chi connectivity index (χ2n) is 12.0. The summed E-state index contributed by atoms with van der Waals surface area (Å²) < 4.78 is 55.3. The monoisotopic (exact) mass is 652 g/mol. The molecule has 2 unspecified atom stereocenters. The van der Waals surface area contributed by atoms with Crippen molar-refractivity contribution in [3.63, 3.8) is 0 Å². The Morgan fingerprint density at radius 3 is 2.00 bits per heavy atom. The molecule has 244 valence electrons. The van der Waals surface area contributed by atoms with E-state index in [-0.39, 0.29) is 35.1 Å². The number of H-pyrrole nitrogens is 1. The van der Waals surface area contributed by atoms with Crippen LogP contribution in [0.15, 0.2) is 64.5 Å². The second kappa shape index (κ2) is 13.8. The van der Waals surface area contributed by atoms with Crippen molar-refractivity contribution in [1.82, 2.24) is 15.0 Å². The summed E-state index contributed by atoms with van der Waals surface area (Å²) in [4.78, 5) is 27.3. The number of alkyl halides is 3. The molecule has 0 spiro atoms. The Morgan fingerprint density at radius 2 is 1.52 bits per heavy atom. The van der Waals surface area contributed by atoms with Crippen LogP contribution >= 0.6 is 11.8 Å². The van der Waals surface area contributed by atoms with E-state index in [1.807, 2.05) is 67.3 Å². The zero-order valence-electron chi connectivity index (χ0n) is 26.9. The van der Waals surface area contributed by atoms with Gasteiger partial charge in [0, 0.05) is 24.6 Å². The number of methoxy groups -OCH3 is 2. The molecule has 4 aromatic rings. The number of pyridine rings is 1. The predicted molar refractivity (Wildman–Crippen MR) is 175 cm³/mol. The van der Waals surface area contributed by atoms with Crippen molar-refractivity contribution in [2.75, 3.05) is 25.4 Å². The maximum Gasteiger partial charge on any atom is 0.418 e. The number of nitrogens with zero attached hydrogens (tertiary/aromatic N) is 3. The van der Waals surface area contributed by atoms with E-state index >= 15 is 0 Å². The number of fused-ring (bicyclic) bond motifs is 1. The highest BCUT2D eigenvalue weighted by molar-refractivity contribution is 7.98. The van der Waals surface area contributed by atoms with Crippen LogP contribution in [-0.2, 0) is 32.1 Å². The van der Waals surface area contributed by atoms with Crippen LogP contribution in [0, 0.1) is 18.8 Å². The van der Waals surface area contributed by atoms with Crippen LogP contribution in [0.3, 0.4) is 0 Å². The van der Waals surface area contributed by atoms with Gasteiger partial charge in [0.1, 0.15) is 17.3 Å². The first-order valence-corrected chi connectivity index (χ1v) is 16.4. The van der Waals surface area contributed by atoms with Crippen LogP contribution in [0.4, 0.5) is 19.0 Å². The van der Waals surface area contributed by atoms with Crippen molar-refractivity contribution in [1.29, 1.82) is 0 Å². The molecule has 2 aromatic heterocycles. The molecule has 0 saturated heterocycles. The number of hydrogen-bond donors (Lipinski definition) is 1. The van der Waals surface area contributed by atoms with Crippen LogP contribution in [0.1, 0.15) is 59.0 Å². The average molecular weight is 653 g/mol. The van der Waals surface area contributed by atoms with Crippen LogP contribution < -0.4 is 19.9 Å². The number of benzene rings is 2. The first kappa shape index (κ1) is 33.4. The molecule has 5 rings (SSSR count). The Balaban J connectivity index is 1.65. The van der Waals surface area contributed by atoms with Crippen LogP contribution in [0.2, 0.25) is 0 Å². The van der Waals surface area contributed by atoms with Gasteiger partial charge < -0.3 is 19.4 Å². The number of aromatic amines is 1. The van der Waals surface area contributed by atoms with Gasteiger partial charge in [-0.3, -0.25) is 4.79 Å². The molecule has 2 aromatic carbocycles. The topological polar surface area (TPSA) is 80.3 Å². The molecule has 0 saturated carbocycles. The molecule has 0 amide bonds. The molecule has 11 heteroatoms. The highest BCUT2D eigenvalue weighted by Crippen LogP contribution is 2.45. The number of aryl methyl sites for hydroxylation is 1. The lowest BCUT2D eigenvalue weighted by Crippen LogP contribution is -2.35. The molecule has 1 N–H and O–H groups in total. The van der Waals surface area contributed by atoms with E-state index in [0.29, 0.717) is 53.2 Å². The zero-order valence-corrected chi connectivity index (χ0v) is 27.7. The van der Waals surface area contributed by atoms with Gasteiger partial charge in [-0.2, -0.15) is 13.2 Å². The fraction of sp³-hybridized carbons (Fsp3) is 0.400. The van der Waals surface area contributed by atoms with Crippen molar-refractivity contribution >= 4 is 17.6 Å². The van der Waals surface area contributed by atoms with Gasteiger partial charge in [-0.15, -0.1) is 0 Å². The Morgan fingerprint density at radius 1 is 0.957 bits per heavy atom. The molecule has 7 nitrogen and oxygen atoms in total. The van der Waals surface area contributed by atoms with Gasteiger partial charge in [0.2, 0.25) is 0 Å². The zero-order chi connectivity index (χ0) is 33.2. The molecule has 0 aliphatic heterocycles. The molecule has 0 radical (unpaired) electrons. The van der Waals surface area contributed by atoms with E-state index < -0.39 is 17.7 Å². The van der Waals surface area contributed by atoms with Crippen LogP contribution in [0.25, 0.3) is 0 Å². The number of nitrogens with one attached hydrogen (secondary N) is 1. The summed E-state index contributed by atoms with van der Waals surface area (Å²) in [7, 11) is 3.20. The van der Waals surface area contributed by atoms with Crippen molar-refractivity contribution in [2.24, 2.45) is 11.8 Å². The first-order valence-electron chi connectivity index (χ1n) is 15.2. The highest BCUT2D eigenvalue weighted by Gasteiger charge is 2.43. The summed E-state index contributed by atoms with van der Waals surface area (Å²) >= 11 is 1.30. The summed E-state index contributed by atoms with van der Waals surface area (Å²) in [6.45, 7) is 6.30. The standard InChI is InChI=1S/C35H39F3N4O3S/c1-20(2)26-16-28-29(39-34(46-6)41-33(28)43)17-27(26)32-31(35(36,37)38)21(3)15-30(40-32)42(18-22-7-11-24(44-4)12-8-22)19-23-9-13-25(45-5)14-10-23/h7-15,20,26-27H,16-19H2,1-6H3,(H,39,41,43). The van der Waals surface area contributed by atoms with Crippen molar-refractivity contribution in [3.05, 3.63) is 104 Å². The Kier molecular flexibility index (Phi) is 10.0. The fourth-order valence-electron chi connectivity index (χ4n) is 6.33. The molecular formula is C35H39F3N4O3S. The average Bonchev–Trinajstić information content (AvgIpc) is 3.03. The van der Waals surface area contributed by atoms with Gasteiger partial charge in [0.05, 0.1) is 31.2 Å². The Hall–Kier alpha value is -3.99. The third kappa shape index (κ3) is 7.19. The van der Waals surface area contributed by atoms with Gasteiger partial charge in [-0.1, -0.05) is 49.9 Å². The quantitative estimate of drug-likeness (QED) is 0.140. The lowest BCUT2D eigenvalue weighted by molar-refractivity contribution is -0.139. The molecule has 2 atom stereocenters. The van der Waals surface area contributed by atoms with E-state index in [2.05, 4.69) is 9.97 Å². The number of anilines is 1. The van der Waals surface area contributed by atoms with Crippen molar-refractivity contribution in [2.45, 2.75) is 64.0 Å². The van der Waals surface area contributed by atoms with E-state index in [1.54, 1.807) is 20.5 Å². The molecule has 46 heavy (non-hydrogen) atoms. The van der Waals surface area contributed by atoms with Gasteiger partial charge in [-0.05, 0) is 84.9 Å². The number of aromatic nitrogens is 3. The van der Waals surface area contributed by atoms with Gasteiger partial charge >= 0.3 is 6.18 Å². The first-order chi connectivity index (χ1) is 21.9. The lowest BCUT2D eigenvalue weighted by atomic mass is 9.70. The number of ether oxygens (including phenoxy) is 2. The third-order valence-electron chi connectivity index (χ3n) is 8.75. The Labute approximate surface area is 271 Å². The SMILES string of the molecule is COc1ccc(CN(Cc2ccc(OC)cc2)c2cc(C)c(C(F)(F)F)c(C3Cc4nc(SC)[nH]c(=O)c4CC3C(C)C)n2)cc1. The van der Waals surface area contributed by atoms with E-state index in [0.717, 1.165) is 11.1 Å². The maximum atomic E-state index is 14.9. The molecule has 1 aliphatic rings. The summed E-state index contributed by atoms with van der Waals surface area (Å²) in [5.41, 5.74) is 2.19. The number of thioether (sulfide) groups is 1. The Bertz CT molecular complexity index is 1670. The normalized spacial score (nSPS) is 16.3. The maximum absolute atomic E-state index is 14.9. The lowest BCUT2D eigenvalue weighted by Gasteiger charge is -2.36. The molecule has 0 fully saturated rings. The summed E-state index contributed by atoms with van der Waals surface area (Å²) in [5, 5.41) is 0.449. The molecule has 1 aliphatic carbocycles. The minimum Gasteiger partial charge on any atom is -0.497 e. The second-order valence-corrected chi connectivity index (χ2v) is 12.8. The predicted octanol–water partition coefficient (Wildman–Crippen LogP) is 7.59. The highest BCUT2D eigenvalue weighted by atomic mass is 32.2.